The van der Waals surface area contributed by atoms with Gasteiger partial charge < -0.3 is 10.6 Å². The van der Waals surface area contributed by atoms with Crippen molar-refractivity contribution in [1.82, 2.24) is 4.90 Å². The first-order valence-corrected chi connectivity index (χ1v) is 6.94. The van der Waals surface area contributed by atoms with E-state index in [1.165, 1.54) is 0 Å². The van der Waals surface area contributed by atoms with Crippen LogP contribution in [0.25, 0.3) is 0 Å². The maximum absolute atomic E-state index is 6.37. The zero-order valence-corrected chi connectivity index (χ0v) is 13.0. The van der Waals surface area contributed by atoms with Gasteiger partial charge in [-0.25, -0.2) is 0 Å². The lowest BCUT2D eigenvalue weighted by Crippen LogP contribution is -2.55. The number of halogens is 2. The molecule has 0 aromatic heterocycles. The Kier molecular flexibility index (Phi) is 5.47. The lowest BCUT2D eigenvalue weighted by molar-refractivity contribution is 0.131. The molecule has 0 fully saturated rings. The van der Waals surface area contributed by atoms with E-state index in [1.807, 2.05) is 12.1 Å². The minimum Gasteiger partial charge on any atom is -0.326 e. The first-order chi connectivity index (χ1) is 8.32. The number of likely N-dealkylation sites (N-methyl/N-ethyl adjacent to an activating group) is 1. The molecule has 102 valence electrons. The van der Waals surface area contributed by atoms with Gasteiger partial charge in [0.15, 0.2) is 0 Å². The van der Waals surface area contributed by atoms with Crippen molar-refractivity contribution in [3.63, 3.8) is 0 Å². The molecule has 0 aliphatic heterocycles. The summed E-state index contributed by atoms with van der Waals surface area (Å²) in [5.74, 6) is 0. The Hall–Kier alpha value is -0.280. The van der Waals surface area contributed by atoms with Gasteiger partial charge in [-0.05, 0) is 45.5 Å². The predicted molar refractivity (Wildman–Crippen MR) is 80.5 cm³/mol. The third-order valence-electron chi connectivity index (χ3n) is 4.01. The molecule has 0 aliphatic carbocycles. The molecule has 18 heavy (non-hydrogen) atoms. The van der Waals surface area contributed by atoms with Crippen molar-refractivity contribution in [2.24, 2.45) is 5.73 Å². The molecule has 0 amide bonds. The summed E-state index contributed by atoms with van der Waals surface area (Å²) >= 11 is 12.2. The molecule has 0 spiro atoms. The summed E-state index contributed by atoms with van der Waals surface area (Å²) in [6.07, 6.45) is 1.71. The average molecular weight is 289 g/mol. The van der Waals surface area contributed by atoms with E-state index in [1.54, 1.807) is 6.07 Å². The summed E-state index contributed by atoms with van der Waals surface area (Å²) in [6, 6.07) is 5.70. The van der Waals surface area contributed by atoms with Gasteiger partial charge >= 0.3 is 0 Å². The Morgan fingerprint density at radius 1 is 1.33 bits per heavy atom. The second-order valence-electron chi connectivity index (χ2n) is 5.13. The van der Waals surface area contributed by atoms with Gasteiger partial charge in [-0.15, -0.1) is 0 Å². The second-order valence-corrected chi connectivity index (χ2v) is 5.91. The van der Waals surface area contributed by atoms with Crippen LogP contribution in [0.2, 0.25) is 10.0 Å². The van der Waals surface area contributed by atoms with Crippen molar-refractivity contribution in [2.45, 2.75) is 38.3 Å². The van der Waals surface area contributed by atoms with Crippen LogP contribution in [0.3, 0.4) is 0 Å². The van der Waals surface area contributed by atoms with Gasteiger partial charge in [0, 0.05) is 11.6 Å². The average Bonchev–Trinajstić information content (AvgIpc) is 2.33. The number of nitrogens with zero attached hydrogens (tertiary/aromatic N) is 1. The van der Waals surface area contributed by atoms with Crippen LogP contribution < -0.4 is 5.73 Å². The highest BCUT2D eigenvalue weighted by Gasteiger charge is 2.32. The van der Waals surface area contributed by atoms with Gasteiger partial charge in [0.1, 0.15) is 0 Å². The molecule has 0 heterocycles. The summed E-state index contributed by atoms with van der Waals surface area (Å²) in [5.41, 5.74) is 7.33. The van der Waals surface area contributed by atoms with E-state index in [-0.39, 0.29) is 11.6 Å². The van der Waals surface area contributed by atoms with Gasteiger partial charge in [0.25, 0.3) is 0 Å². The first-order valence-electron chi connectivity index (χ1n) is 6.18. The SMILES string of the molecule is CCC(C)(C(N)Cc1cccc(Cl)c1Cl)N(C)C. The zero-order chi connectivity index (χ0) is 13.9. The largest absolute Gasteiger partial charge is 0.326 e. The van der Waals surface area contributed by atoms with Crippen molar-refractivity contribution >= 4 is 23.2 Å². The van der Waals surface area contributed by atoms with Crippen LogP contribution in [-0.4, -0.2) is 30.6 Å². The maximum atomic E-state index is 6.37. The number of rotatable bonds is 5. The van der Waals surface area contributed by atoms with E-state index in [4.69, 9.17) is 28.9 Å². The standard InChI is InChI=1S/C14H22Cl2N2/c1-5-14(2,18(3)4)12(17)9-10-7-6-8-11(15)13(10)16/h6-8,12H,5,9,17H2,1-4H3. The van der Waals surface area contributed by atoms with Gasteiger partial charge in [-0.3, -0.25) is 0 Å². The summed E-state index contributed by atoms with van der Waals surface area (Å²) in [6.45, 7) is 4.33. The molecular weight excluding hydrogens is 267 g/mol. The molecule has 0 bridgehead atoms. The quantitative estimate of drug-likeness (QED) is 0.897. The Bertz CT molecular complexity index is 407. The summed E-state index contributed by atoms with van der Waals surface area (Å²) in [7, 11) is 4.12. The van der Waals surface area contributed by atoms with Crippen LogP contribution in [-0.2, 0) is 6.42 Å². The highest BCUT2D eigenvalue weighted by atomic mass is 35.5. The van der Waals surface area contributed by atoms with Gasteiger partial charge in [0.05, 0.1) is 10.0 Å². The van der Waals surface area contributed by atoms with Crippen LogP contribution in [0, 0.1) is 0 Å². The molecule has 4 heteroatoms. The van der Waals surface area contributed by atoms with E-state index in [9.17, 15) is 0 Å². The Balaban J connectivity index is 2.93. The minimum atomic E-state index is -0.0500. The molecule has 2 unspecified atom stereocenters. The highest BCUT2D eigenvalue weighted by Crippen LogP contribution is 2.29. The molecule has 0 saturated carbocycles. The normalized spacial score (nSPS) is 16.7. The summed E-state index contributed by atoms with van der Waals surface area (Å²) in [5, 5.41) is 1.20. The van der Waals surface area contributed by atoms with Crippen molar-refractivity contribution in [3.8, 4) is 0 Å². The second kappa shape index (κ2) is 6.25. The van der Waals surface area contributed by atoms with E-state index < -0.39 is 0 Å². The van der Waals surface area contributed by atoms with Gasteiger partial charge in [0.2, 0.25) is 0 Å². The molecule has 0 saturated heterocycles. The molecule has 1 rings (SSSR count). The lowest BCUT2D eigenvalue weighted by Gasteiger charge is -2.41. The Morgan fingerprint density at radius 2 is 1.94 bits per heavy atom. The summed E-state index contributed by atoms with van der Waals surface area (Å²) < 4.78 is 0. The topological polar surface area (TPSA) is 29.3 Å². The Labute approximate surface area is 120 Å². The van der Waals surface area contributed by atoms with Crippen LogP contribution in [0.5, 0.6) is 0 Å². The molecule has 2 nitrogen and oxygen atoms in total. The fraction of sp³-hybridized carbons (Fsp3) is 0.571. The van der Waals surface area contributed by atoms with Crippen LogP contribution in [0.4, 0.5) is 0 Å². The molecule has 1 aromatic rings. The van der Waals surface area contributed by atoms with E-state index in [2.05, 4.69) is 32.8 Å². The van der Waals surface area contributed by atoms with Crippen LogP contribution in [0.15, 0.2) is 18.2 Å². The van der Waals surface area contributed by atoms with E-state index in [0.717, 1.165) is 18.4 Å². The van der Waals surface area contributed by atoms with Gasteiger partial charge in [-0.2, -0.15) is 0 Å². The number of nitrogens with two attached hydrogens (primary N) is 1. The highest BCUT2D eigenvalue weighted by molar-refractivity contribution is 6.42. The molecule has 1 aromatic carbocycles. The van der Waals surface area contributed by atoms with Crippen molar-refractivity contribution in [2.75, 3.05) is 14.1 Å². The predicted octanol–water partition coefficient (Wildman–Crippen LogP) is 3.59. The zero-order valence-electron chi connectivity index (χ0n) is 11.5. The third-order valence-corrected chi connectivity index (χ3v) is 4.87. The van der Waals surface area contributed by atoms with Gasteiger partial charge in [-0.1, -0.05) is 42.3 Å². The van der Waals surface area contributed by atoms with Crippen molar-refractivity contribution in [1.29, 1.82) is 0 Å². The number of hydrogen-bond donors (Lipinski definition) is 1. The fourth-order valence-corrected chi connectivity index (χ4v) is 2.47. The molecular formula is C14H22Cl2N2. The van der Waals surface area contributed by atoms with Crippen LogP contribution >= 0.6 is 23.2 Å². The van der Waals surface area contributed by atoms with E-state index >= 15 is 0 Å². The number of hydrogen-bond acceptors (Lipinski definition) is 2. The smallest absolute Gasteiger partial charge is 0.0624 e. The Morgan fingerprint density at radius 3 is 2.44 bits per heavy atom. The van der Waals surface area contributed by atoms with Crippen LogP contribution in [0.1, 0.15) is 25.8 Å². The van der Waals surface area contributed by atoms with Crippen molar-refractivity contribution in [3.05, 3.63) is 33.8 Å². The lowest BCUT2D eigenvalue weighted by atomic mass is 9.85. The fourth-order valence-electron chi connectivity index (χ4n) is 2.07. The molecule has 2 atom stereocenters. The van der Waals surface area contributed by atoms with Crippen molar-refractivity contribution < 1.29 is 0 Å². The molecule has 2 N–H and O–H groups in total. The summed E-state index contributed by atoms with van der Waals surface area (Å²) in [4.78, 5) is 2.18. The number of benzene rings is 1. The maximum Gasteiger partial charge on any atom is 0.0624 e. The molecule has 0 radical (unpaired) electrons. The third kappa shape index (κ3) is 3.18. The minimum absolute atomic E-state index is 0.00784. The van der Waals surface area contributed by atoms with E-state index in [0.29, 0.717) is 10.0 Å². The monoisotopic (exact) mass is 288 g/mol. The molecule has 0 aliphatic rings. The first kappa shape index (κ1) is 15.8.